The molecule has 0 aliphatic carbocycles. The van der Waals surface area contributed by atoms with Gasteiger partial charge in [0.15, 0.2) is 17.2 Å². The van der Waals surface area contributed by atoms with Gasteiger partial charge in [-0.2, -0.15) is 13.2 Å². The Morgan fingerprint density at radius 3 is 2.62 bits per heavy atom. The third kappa shape index (κ3) is 6.07. The molecule has 3 rings (SSSR count). The number of benzene rings is 2. The maximum absolute atomic E-state index is 12.5. The van der Waals surface area contributed by atoms with Crippen molar-refractivity contribution in [3.8, 4) is 17.2 Å². The number of fused-ring (bicyclic) bond motifs is 1. The summed E-state index contributed by atoms with van der Waals surface area (Å²) in [5.41, 5.74) is 1.23. The zero-order valence-electron chi connectivity index (χ0n) is 18.3. The number of thiazole rings is 1. The number of nitrogens with one attached hydrogen (secondary N) is 2. The van der Waals surface area contributed by atoms with E-state index in [0.29, 0.717) is 48.0 Å². The molecule has 0 spiro atoms. The van der Waals surface area contributed by atoms with Crippen molar-refractivity contribution >= 4 is 27.5 Å². The van der Waals surface area contributed by atoms with Gasteiger partial charge in [-0.15, -0.1) is 0 Å². The highest BCUT2D eigenvalue weighted by Crippen LogP contribution is 2.33. The van der Waals surface area contributed by atoms with Crippen molar-refractivity contribution in [1.82, 2.24) is 10.3 Å². The molecular weight excluding hydrogens is 477 g/mol. The van der Waals surface area contributed by atoms with Gasteiger partial charge in [-0.25, -0.2) is 4.79 Å². The van der Waals surface area contributed by atoms with E-state index in [-0.39, 0.29) is 16.8 Å². The van der Waals surface area contributed by atoms with Gasteiger partial charge in [0.25, 0.3) is 0 Å². The third-order valence-electron chi connectivity index (χ3n) is 4.82. The van der Waals surface area contributed by atoms with Crippen molar-refractivity contribution in [2.45, 2.75) is 25.6 Å². The van der Waals surface area contributed by atoms with Crippen LogP contribution in [-0.4, -0.2) is 49.0 Å². The van der Waals surface area contributed by atoms with Crippen LogP contribution in [0.2, 0.25) is 0 Å². The summed E-state index contributed by atoms with van der Waals surface area (Å²) in [4.78, 5) is 24.8. The Hall–Kier alpha value is -3.09. The molecule has 184 valence electrons. The summed E-state index contributed by atoms with van der Waals surface area (Å²) in [5, 5.41) is 13.7. The number of alkyl halides is 3. The molecule has 0 unspecified atom stereocenters. The summed E-state index contributed by atoms with van der Waals surface area (Å²) in [6.45, 7) is 3.04. The fraction of sp³-hybridized carbons (Fsp3) is 0.364. The molecule has 0 aliphatic rings. The number of aliphatic hydroxyl groups excluding tert-OH is 1. The van der Waals surface area contributed by atoms with Crippen molar-refractivity contribution in [2.75, 3.05) is 26.8 Å². The molecule has 3 N–H and O–H groups in total. The van der Waals surface area contributed by atoms with Crippen molar-refractivity contribution in [3.63, 3.8) is 0 Å². The zero-order chi connectivity index (χ0) is 24.9. The lowest BCUT2D eigenvalue weighted by atomic mass is 10.1. The Labute approximate surface area is 196 Å². The van der Waals surface area contributed by atoms with Crippen LogP contribution in [0, 0.1) is 0 Å². The monoisotopic (exact) mass is 500 g/mol. The number of carbonyl (C=O) groups excluding carboxylic acids is 1. The Bertz CT molecular complexity index is 1210. The molecule has 0 saturated carbocycles. The molecule has 0 amide bonds. The predicted octanol–water partition coefficient (Wildman–Crippen LogP) is 3.33. The fourth-order valence-electron chi connectivity index (χ4n) is 3.26. The smallest absolute Gasteiger partial charge is 0.491 e. The highest BCUT2D eigenvalue weighted by molar-refractivity contribution is 7.16. The first kappa shape index (κ1) is 25.5. The number of carbonyl (C=O) groups is 1. The minimum absolute atomic E-state index is 0.0781. The highest BCUT2D eigenvalue weighted by atomic mass is 32.1. The maximum Gasteiger partial charge on any atom is 0.491 e. The molecule has 0 bridgehead atoms. The summed E-state index contributed by atoms with van der Waals surface area (Å²) in [7, 11) is 1.56. The number of aromatic amines is 1. The summed E-state index contributed by atoms with van der Waals surface area (Å²) >= 11 is 0.704. The minimum atomic E-state index is -5.18. The first-order valence-corrected chi connectivity index (χ1v) is 11.1. The van der Waals surface area contributed by atoms with Crippen molar-refractivity contribution < 1.29 is 37.3 Å². The SMILES string of the molecule is CCOc1ccc(CCNC[C@H](O)c2ccc(OC(=O)C(F)(F)F)c3[nH]c(=O)sc23)cc1OC. The number of hydrogen-bond donors (Lipinski definition) is 3. The van der Waals surface area contributed by atoms with Gasteiger partial charge in [0.2, 0.25) is 0 Å². The lowest BCUT2D eigenvalue weighted by Gasteiger charge is -2.15. The molecule has 2 aromatic carbocycles. The van der Waals surface area contributed by atoms with E-state index in [9.17, 15) is 27.9 Å². The maximum atomic E-state index is 12.5. The largest absolute Gasteiger partial charge is 0.493 e. The molecule has 0 radical (unpaired) electrons. The second-order valence-corrected chi connectivity index (χ2v) is 8.13. The van der Waals surface area contributed by atoms with Gasteiger partial charge in [0.05, 0.1) is 24.5 Å². The summed E-state index contributed by atoms with van der Waals surface area (Å²) in [6.07, 6.45) is -5.61. The van der Waals surface area contributed by atoms with E-state index in [4.69, 9.17) is 9.47 Å². The number of halogens is 3. The predicted molar refractivity (Wildman–Crippen MR) is 120 cm³/mol. The van der Waals surface area contributed by atoms with Crippen molar-refractivity contribution in [3.05, 3.63) is 51.1 Å². The van der Waals surface area contributed by atoms with Crippen LogP contribution in [-0.2, 0) is 11.2 Å². The van der Waals surface area contributed by atoms with Gasteiger partial charge < -0.3 is 29.6 Å². The second kappa shape index (κ2) is 10.9. The fourth-order valence-corrected chi connectivity index (χ4v) is 4.17. The Balaban J connectivity index is 1.65. The van der Waals surface area contributed by atoms with Crippen LogP contribution >= 0.6 is 11.3 Å². The standard InChI is InChI=1S/C22H23F3N2O6S/c1-3-32-15-6-4-12(10-17(15)31-2)8-9-26-11-14(28)13-5-7-16(33-20(29)22(23,24)25)18-19(13)34-21(30)27-18/h4-7,10,14,26,28H,3,8-9,11H2,1-2H3,(H,27,30)/t14-/m0/s1. The quantitative estimate of drug-likeness (QED) is 0.223. The lowest BCUT2D eigenvalue weighted by molar-refractivity contribution is -0.189. The molecule has 34 heavy (non-hydrogen) atoms. The topological polar surface area (TPSA) is 110 Å². The third-order valence-corrected chi connectivity index (χ3v) is 5.75. The number of H-pyrrole nitrogens is 1. The van der Waals surface area contributed by atoms with Gasteiger partial charge in [-0.1, -0.05) is 23.5 Å². The van der Waals surface area contributed by atoms with Crippen LogP contribution in [0.1, 0.15) is 24.2 Å². The van der Waals surface area contributed by atoms with E-state index in [0.717, 1.165) is 11.6 Å². The van der Waals surface area contributed by atoms with Crippen LogP contribution in [0.4, 0.5) is 13.2 Å². The van der Waals surface area contributed by atoms with E-state index in [1.165, 1.54) is 6.07 Å². The Morgan fingerprint density at radius 1 is 1.21 bits per heavy atom. The highest BCUT2D eigenvalue weighted by Gasteiger charge is 2.41. The first-order chi connectivity index (χ1) is 16.1. The number of esters is 1. The molecule has 8 nitrogen and oxygen atoms in total. The van der Waals surface area contributed by atoms with Crippen molar-refractivity contribution in [1.29, 1.82) is 0 Å². The zero-order valence-corrected chi connectivity index (χ0v) is 19.1. The van der Waals surface area contributed by atoms with Gasteiger partial charge in [-0.05, 0) is 43.7 Å². The van der Waals surface area contributed by atoms with Crippen LogP contribution in [0.3, 0.4) is 0 Å². The number of ether oxygens (including phenoxy) is 3. The molecule has 1 heterocycles. The molecule has 0 fully saturated rings. The lowest BCUT2D eigenvalue weighted by Crippen LogP contribution is -2.28. The number of hydrogen-bond acceptors (Lipinski definition) is 8. The molecule has 0 aliphatic heterocycles. The van der Waals surface area contributed by atoms with E-state index >= 15 is 0 Å². The van der Waals surface area contributed by atoms with E-state index < -0.39 is 28.9 Å². The van der Waals surface area contributed by atoms with E-state index in [1.54, 1.807) is 7.11 Å². The van der Waals surface area contributed by atoms with Gasteiger partial charge in [0, 0.05) is 12.1 Å². The Kier molecular flexibility index (Phi) is 8.18. The summed E-state index contributed by atoms with van der Waals surface area (Å²) < 4.78 is 53.0. The second-order valence-electron chi connectivity index (χ2n) is 7.15. The minimum Gasteiger partial charge on any atom is -0.493 e. The first-order valence-electron chi connectivity index (χ1n) is 10.3. The summed E-state index contributed by atoms with van der Waals surface area (Å²) in [6, 6.07) is 8.04. The van der Waals surface area contributed by atoms with Crippen LogP contribution in [0.5, 0.6) is 17.2 Å². The molecule has 0 saturated heterocycles. The van der Waals surface area contributed by atoms with Gasteiger partial charge in [0.1, 0.15) is 5.52 Å². The van der Waals surface area contributed by atoms with Crippen LogP contribution in [0.25, 0.3) is 10.2 Å². The van der Waals surface area contributed by atoms with Crippen molar-refractivity contribution in [2.24, 2.45) is 0 Å². The van der Waals surface area contributed by atoms with E-state index in [2.05, 4.69) is 15.0 Å². The normalized spacial score (nSPS) is 12.5. The average Bonchev–Trinajstić information content (AvgIpc) is 3.18. The molecule has 1 atom stereocenters. The van der Waals surface area contributed by atoms with E-state index in [1.807, 2.05) is 25.1 Å². The number of rotatable bonds is 10. The number of aromatic nitrogens is 1. The van der Waals surface area contributed by atoms with Gasteiger partial charge >= 0.3 is 17.0 Å². The molecular formula is C22H23F3N2O6S. The number of aliphatic hydroxyl groups is 1. The van der Waals surface area contributed by atoms with Gasteiger partial charge in [-0.3, -0.25) is 4.79 Å². The average molecular weight is 500 g/mol. The van der Waals surface area contributed by atoms with Crippen LogP contribution in [0.15, 0.2) is 35.1 Å². The summed E-state index contributed by atoms with van der Waals surface area (Å²) in [5.74, 6) is -1.57. The number of methoxy groups -OCH3 is 1. The Morgan fingerprint density at radius 2 is 1.94 bits per heavy atom. The molecule has 12 heteroatoms. The molecule has 3 aromatic rings. The molecule has 1 aromatic heterocycles. The van der Waals surface area contributed by atoms with Crippen LogP contribution < -0.4 is 24.4 Å².